The molecule has 0 saturated carbocycles. The van der Waals surface area contributed by atoms with E-state index in [0.717, 1.165) is 33.6 Å². The maximum atomic E-state index is 12.5. The smallest absolute Gasteiger partial charge is 0.337 e. The minimum atomic E-state index is -1.53. The minimum Gasteiger partial charge on any atom is -0.465 e. The molecule has 0 radical (unpaired) electrons. The van der Waals surface area contributed by atoms with Gasteiger partial charge in [0.1, 0.15) is 12.2 Å². The quantitative estimate of drug-likeness (QED) is 0.0837. The van der Waals surface area contributed by atoms with Crippen LogP contribution < -0.4 is 0 Å². The first kappa shape index (κ1) is 43.1. The van der Waals surface area contributed by atoms with Crippen molar-refractivity contribution in [3.63, 3.8) is 0 Å². The third-order valence-corrected chi connectivity index (χ3v) is 11.9. The Kier molecular flexibility index (Phi) is 11.6. The lowest BCUT2D eigenvalue weighted by atomic mass is 9.96. The number of aliphatic hydroxyl groups is 2. The van der Waals surface area contributed by atoms with Crippen LogP contribution in [0.5, 0.6) is 0 Å². The van der Waals surface area contributed by atoms with Crippen LogP contribution in [0.3, 0.4) is 0 Å². The summed E-state index contributed by atoms with van der Waals surface area (Å²) in [7, 11) is 5.25. The van der Waals surface area contributed by atoms with Gasteiger partial charge in [0, 0.05) is 44.3 Å². The summed E-state index contributed by atoms with van der Waals surface area (Å²) in [6.07, 6.45) is -2.00. The van der Waals surface area contributed by atoms with Crippen LogP contribution in [-0.2, 0) is 31.8 Å². The maximum absolute atomic E-state index is 12.5. The lowest BCUT2D eigenvalue weighted by molar-refractivity contribution is 0.0260. The summed E-state index contributed by atoms with van der Waals surface area (Å²) in [4.78, 5) is 67.7. The zero-order valence-corrected chi connectivity index (χ0v) is 36.2. The van der Waals surface area contributed by atoms with Gasteiger partial charge in [0.2, 0.25) is 0 Å². The fourth-order valence-electron chi connectivity index (χ4n) is 8.62. The predicted octanol–water partition coefficient (Wildman–Crippen LogP) is 8.68. The van der Waals surface area contributed by atoms with E-state index in [0.29, 0.717) is 79.4 Å². The van der Waals surface area contributed by atoms with Gasteiger partial charge in [-0.25, -0.2) is 19.2 Å². The Labute approximate surface area is 377 Å². The molecule has 9 rings (SSSR count). The van der Waals surface area contributed by atoms with Crippen molar-refractivity contribution >= 4 is 45.9 Å². The zero-order chi connectivity index (χ0) is 46.2. The highest BCUT2D eigenvalue weighted by Crippen LogP contribution is 2.44. The molecule has 330 valence electrons. The number of benzene rings is 4. The van der Waals surface area contributed by atoms with Gasteiger partial charge in [-0.2, -0.15) is 0 Å². The number of aromatic nitrogens is 4. The van der Waals surface area contributed by atoms with Crippen molar-refractivity contribution < 1.29 is 48.3 Å². The molecular formula is C52H42N4O10. The number of hydrogen-bond donors (Lipinski definition) is 4. The van der Waals surface area contributed by atoms with Crippen molar-refractivity contribution in [2.75, 3.05) is 28.4 Å². The molecule has 0 aliphatic carbocycles. The van der Waals surface area contributed by atoms with Crippen LogP contribution in [0.1, 0.15) is 76.4 Å². The summed E-state index contributed by atoms with van der Waals surface area (Å²) in [6.45, 7) is 0. The number of esters is 4. The van der Waals surface area contributed by atoms with Gasteiger partial charge in [0.05, 0.1) is 73.5 Å². The summed E-state index contributed by atoms with van der Waals surface area (Å²) in [5.74, 6) is -2.01. The van der Waals surface area contributed by atoms with E-state index in [1.165, 1.54) is 28.4 Å². The third-order valence-electron chi connectivity index (χ3n) is 11.9. The average molecular weight is 883 g/mol. The highest BCUT2D eigenvalue weighted by atomic mass is 16.5. The Hall–Kier alpha value is -8.20. The molecule has 2 atom stereocenters. The van der Waals surface area contributed by atoms with E-state index in [1.807, 2.05) is 48.5 Å². The van der Waals surface area contributed by atoms with E-state index in [4.69, 9.17) is 28.9 Å². The van der Waals surface area contributed by atoms with Crippen LogP contribution in [-0.4, -0.2) is 82.5 Å². The fraction of sp³-hybridized carbons (Fsp3) is 0.154. The second-order valence-electron chi connectivity index (χ2n) is 15.6. The van der Waals surface area contributed by atoms with E-state index < -0.39 is 36.1 Å². The van der Waals surface area contributed by atoms with Crippen molar-refractivity contribution in [3.8, 4) is 44.5 Å². The maximum Gasteiger partial charge on any atom is 0.337 e. The molecule has 4 aromatic carbocycles. The Morgan fingerprint density at radius 3 is 0.939 bits per heavy atom. The van der Waals surface area contributed by atoms with Crippen LogP contribution in [0.2, 0.25) is 0 Å². The first-order valence-electron chi connectivity index (χ1n) is 20.9. The molecule has 2 aliphatic heterocycles. The van der Waals surface area contributed by atoms with Gasteiger partial charge in [-0.05, 0) is 108 Å². The van der Waals surface area contributed by atoms with E-state index in [-0.39, 0.29) is 11.4 Å². The van der Waals surface area contributed by atoms with E-state index >= 15 is 0 Å². The van der Waals surface area contributed by atoms with Crippen molar-refractivity contribution in [2.24, 2.45) is 0 Å². The number of H-pyrrole nitrogens is 2. The third kappa shape index (κ3) is 7.78. The number of carbonyl (C=O) groups is 4. The number of aromatic amines is 2. The van der Waals surface area contributed by atoms with Gasteiger partial charge in [-0.3, -0.25) is 9.97 Å². The molecule has 0 unspecified atom stereocenters. The number of aliphatic hydroxyl groups excluding tert-OH is 2. The number of rotatable bonds is 8. The molecule has 3 aromatic heterocycles. The van der Waals surface area contributed by atoms with Crippen LogP contribution in [0.4, 0.5) is 0 Å². The van der Waals surface area contributed by atoms with E-state index in [2.05, 4.69) is 9.97 Å². The molecule has 0 fully saturated rings. The van der Waals surface area contributed by atoms with Crippen molar-refractivity contribution in [3.05, 3.63) is 166 Å². The molecule has 0 spiro atoms. The van der Waals surface area contributed by atoms with Gasteiger partial charge in [-0.15, -0.1) is 0 Å². The SMILES string of the molecule is COC(=O)c1ccc(-c2c3nc(c(-c4ccc(C(=O)OC)cc4)c4ccc([nH]4)c(-c4ccc(C(=O)OC)cc4)c4nc(c(-c5ccc(C(=O)OC)cc5)c5ccc2[nH]5)[C@@H](O)[C@H]4O)CC3)cc1. The largest absolute Gasteiger partial charge is 0.465 e. The number of ether oxygens (including phenoxy) is 4. The predicted molar refractivity (Wildman–Crippen MR) is 245 cm³/mol. The summed E-state index contributed by atoms with van der Waals surface area (Å²) in [5, 5.41) is 24.3. The molecule has 0 saturated heterocycles. The van der Waals surface area contributed by atoms with E-state index in [9.17, 15) is 29.4 Å². The second-order valence-corrected chi connectivity index (χ2v) is 15.6. The molecular weight excluding hydrogens is 841 g/mol. The fourth-order valence-corrected chi connectivity index (χ4v) is 8.62. The number of fused-ring (bicyclic) bond motifs is 8. The molecule has 8 bridgehead atoms. The number of hydrogen-bond acceptors (Lipinski definition) is 12. The summed E-state index contributed by atoms with van der Waals surface area (Å²) in [5.41, 5.74) is 10.6. The summed E-state index contributed by atoms with van der Waals surface area (Å²) >= 11 is 0. The van der Waals surface area contributed by atoms with Gasteiger partial charge in [0.25, 0.3) is 0 Å². The normalized spacial score (nSPS) is 14.3. The first-order chi connectivity index (χ1) is 32.0. The molecule has 0 amide bonds. The average Bonchev–Trinajstić information content (AvgIpc) is 4.19. The number of nitrogens with zero attached hydrogens (tertiary/aromatic N) is 2. The lowest BCUT2D eigenvalue weighted by Gasteiger charge is -2.13. The molecule has 66 heavy (non-hydrogen) atoms. The monoisotopic (exact) mass is 882 g/mol. The lowest BCUT2D eigenvalue weighted by Crippen LogP contribution is -2.06. The van der Waals surface area contributed by atoms with Crippen molar-refractivity contribution in [1.29, 1.82) is 0 Å². The van der Waals surface area contributed by atoms with Gasteiger partial charge < -0.3 is 39.1 Å². The van der Waals surface area contributed by atoms with Gasteiger partial charge >= 0.3 is 23.9 Å². The Morgan fingerprint density at radius 2 is 0.667 bits per heavy atom. The van der Waals surface area contributed by atoms with Gasteiger partial charge in [-0.1, -0.05) is 48.5 Å². The summed E-state index contributed by atoms with van der Waals surface area (Å²) < 4.78 is 19.9. The molecule has 14 heteroatoms. The van der Waals surface area contributed by atoms with Crippen LogP contribution in [0.25, 0.3) is 66.6 Å². The topological polar surface area (TPSA) is 203 Å². The van der Waals surface area contributed by atoms with Crippen molar-refractivity contribution in [1.82, 2.24) is 19.9 Å². The summed E-state index contributed by atoms with van der Waals surface area (Å²) in [6, 6.07) is 35.0. The Balaban J connectivity index is 1.43. The zero-order valence-electron chi connectivity index (χ0n) is 36.2. The van der Waals surface area contributed by atoms with Gasteiger partial charge in [0.15, 0.2) is 0 Å². The number of nitrogens with one attached hydrogen (secondary N) is 2. The molecule has 14 nitrogen and oxygen atoms in total. The molecule has 4 N–H and O–H groups in total. The van der Waals surface area contributed by atoms with Crippen LogP contribution >= 0.6 is 0 Å². The van der Waals surface area contributed by atoms with Crippen LogP contribution in [0.15, 0.2) is 121 Å². The van der Waals surface area contributed by atoms with Crippen molar-refractivity contribution in [2.45, 2.75) is 25.0 Å². The number of carbonyl (C=O) groups excluding carboxylic acids is 4. The first-order valence-corrected chi connectivity index (χ1v) is 20.9. The second kappa shape index (κ2) is 17.8. The van der Waals surface area contributed by atoms with Crippen LogP contribution in [0, 0.1) is 0 Å². The van der Waals surface area contributed by atoms with E-state index in [1.54, 1.807) is 72.8 Å². The number of methoxy groups -OCH3 is 4. The Bertz CT molecular complexity index is 3010. The highest BCUT2D eigenvalue weighted by molar-refractivity contribution is 5.96. The molecule has 7 aromatic rings. The highest BCUT2D eigenvalue weighted by Gasteiger charge is 2.35. The molecule has 2 aliphatic rings. The standard InChI is InChI=1S/C52H42N4O10/c1-63-49(59)31-13-5-27(6-14-31)41-35-21-22-36(53-35)42(28-7-15-32(16-8-28)50(60)64-2)38-24-26-40(55-38)44(30-11-19-34(20-12-30)52(62)66-4)46-48(58)47(57)45(56-46)43(39-25-23-37(41)54-39)29-9-17-33(18-10-29)51(61)65-3/h5-20,23-26,47-48,54-55,57-58H,21-22H2,1-4H3/t47-,48+. The number of aryl methyl sites for hydroxylation is 2. The minimum absolute atomic E-state index is 0.148. The molecule has 5 heterocycles. The Morgan fingerprint density at radius 1 is 0.409 bits per heavy atom.